The smallest absolute Gasteiger partial charge is 0.416 e. The molecule has 0 bridgehead atoms. The summed E-state index contributed by atoms with van der Waals surface area (Å²) in [5.41, 5.74) is -1.67. The minimum Gasteiger partial charge on any atom is -0.449 e. The van der Waals surface area contributed by atoms with E-state index in [-0.39, 0.29) is 16.3 Å². The van der Waals surface area contributed by atoms with Crippen LogP contribution in [-0.2, 0) is 15.7 Å². The van der Waals surface area contributed by atoms with E-state index in [0.717, 1.165) is 18.2 Å². The van der Waals surface area contributed by atoms with Crippen molar-refractivity contribution in [1.29, 1.82) is 0 Å². The molecule has 2 rings (SSSR count). The highest BCUT2D eigenvalue weighted by atomic mass is 35.5. The fraction of sp³-hybridized carbons (Fsp3) is 0.176. The third-order valence-corrected chi connectivity index (χ3v) is 3.63. The second kappa shape index (κ2) is 7.74. The molecule has 0 saturated heterocycles. The average molecular weight is 390 g/mol. The van der Waals surface area contributed by atoms with Gasteiger partial charge in [-0.3, -0.25) is 4.79 Å². The number of amides is 1. The van der Waals surface area contributed by atoms with E-state index in [0.29, 0.717) is 6.07 Å². The largest absolute Gasteiger partial charge is 0.449 e. The second-order valence-electron chi connectivity index (χ2n) is 5.21. The Morgan fingerprint density at radius 2 is 1.81 bits per heavy atom. The molecule has 0 spiro atoms. The van der Waals surface area contributed by atoms with Crippen LogP contribution in [0.15, 0.2) is 42.5 Å². The quantitative estimate of drug-likeness (QED) is 0.610. The number of rotatable bonds is 4. The minimum atomic E-state index is -4.62. The molecule has 1 atom stereocenters. The Balaban J connectivity index is 2.10. The molecule has 2 aromatic rings. The minimum absolute atomic E-state index is 0.126. The van der Waals surface area contributed by atoms with E-state index in [1.54, 1.807) is 0 Å². The standard InChI is InChI=1S/C17H12ClF4NO3/c1-9(26-16(25)11-4-2-3-5-13(11)19)15(24)23-14-8-10(17(20,21)22)6-7-12(14)18/h2-9H,1H3,(H,23,24)/t9-/m0/s1. The van der Waals surface area contributed by atoms with Crippen LogP contribution in [0.1, 0.15) is 22.8 Å². The van der Waals surface area contributed by atoms with Gasteiger partial charge in [-0.25, -0.2) is 9.18 Å². The van der Waals surface area contributed by atoms with Gasteiger partial charge in [0, 0.05) is 0 Å². The lowest BCUT2D eigenvalue weighted by molar-refractivity contribution is -0.137. The molecule has 0 aliphatic rings. The Morgan fingerprint density at radius 1 is 1.15 bits per heavy atom. The maximum atomic E-state index is 13.5. The van der Waals surface area contributed by atoms with Crippen molar-refractivity contribution in [3.63, 3.8) is 0 Å². The van der Waals surface area contributed by atoms with Crippen LogP contribution in [-0.4, -0.2) is 18.0 Å². The summed E-state index contributed by atoms with van der Waals surface area (Å²) in [6.45, 7) is 1.19. The van der Waals surface area contributed by atoms with Gasteiger partial charge in [-0.05, 0) is 37.3 Å². The molecular formula is C17H12ClF4NO3. The van der Waals surface area contributed by atoms with Crippen LogP contribution in [0.4, 0.5) is 23.2 Å². The van der Waals surface area contributed by atoms with Crippen molar-refractivity contribution in [2.45, 2.75) is 19.2 Å². The van der Waals surface area contributed by atoms with E-state index in [1.165, 1.54) is 25.1 Å². The first-order valence-electron chi connectivity index (χ1n) is 7.22. The molecule has 0 saturated carbocycles. The SMILES string of the molecule is C[C@H](OC(=O)c1ccccc1F)C(=O)Nc1cc(C(F)(F)F)ccc1Cl. The van der Waals surface area contributed by atoms with E-state index in [1.807, 2.05) is 0 Å². The van der Waals surface area contributed by atoms with Crippen molar-refractivity contribution in [2.75, 3.05) is 5.32 Å². The molecule has 0 radical (unpaired) electrons. The van der Waals surface area contributed by atoms with Crippen molar-refractivity contribution >= 4 is 29.2 Å². The molecule has 0 unspecified atom stereocenters. The first kappa shape index (κ1) is 19.7. The first-order valence-corrected chi connectivity index (χ1v) is 7.60. The number of benzene rings is 2. The number of carbonyl (C=O) groups is 2. The van der Waals surface area contributed by atoms with E-state index < -0.39 is 35.5 Å². The molecule has 0 fully saturated rings. The van der Waals surface area contributed by atoms with Crippen LogP contribution < -0.4 is 5.32 Å². The van der Waals surface area contributed by atoms with Gasteiger partial charge >= 0.3 is 12.1 Å². The van der Waals surface area contributed by atoms with Gasteiger partial charge in [0.2, 0.25) is 0 Å². The fourth-order valence-electron chi connectivity index (χ4n) is 1.94. The van der Waals surface area contributed by atoms with Gasteiger partial charge in [0.05, 0.1) is 21.8 Å². The molecule has 2 aromatic carbocycles. The zero-order valence-corrected chi connectivity index (χ0v) is 14.0. The van der Waals surface area contributed by atoms with Crippen molar-refractivity contribution in [3.05, 3.63) is 64.4 Å². The molecule has 9 heteroatoms. The summed E-state index contributed by atoms with van der Waals surface area (Å²) in [5, 5.41) is 2.03. The third-order valence-electron chi connectivity index (χ3n) is 3.30. The lowest BCUT2D eigenvalue weighted by Gasteiger charge is -2.15. The number of anilines is 1. The van der Waals surface area contributed by atoms with E-state index in [9.17, 15) is 27.2 Å². The highest BCUT2D eigenvalue weighted by Crippen LogP contribution is 2.33. The summed E-state index contributed by atoms with van der Waals surface area (Å²) in [4.78, 5) is 23.9. The molecule has 1 N–H and O–H groups in total. The normalized spacial score (nSPS) is 12.4. The predicted molar refractivity (Wildman–Crippen MR) is 86.4 cm³/mol. The van der Waals surface area contributed by atoms with Gasteiger partial charge in [-0.15, -0.1) is 0 Å². The van der Waals surface area contributed by atoms with Gasteiger partial charge in [0.25, 0.3) is 5.91 Å². The maximum Gasteiger partial charge on any atom is 0.416 e. The first-order chi connectivity index (χ1) is 12.1. The van der Waals surface area contributed by atoms with Crippen LogP contribution in [0.2, 0.25) is 5.02 Å². The number of hydrogen-bond donors (Lipinski definition) is 1. The Labute approximate surface area is 150 Å². The van der Waals surface area contributed by atoms with Crippen molar-refractivity contribution in [1.82, 2.24) is 0 Å². The van der Waals surface area contributed by atoms with Gasteiger partial charge < -0.3 is 10.1 Å². The summed E-state index contributed by atoms with van der Waals surface area (Å²) in [5.74, 6) is -2.83. The van der Waals surface area contributed by atoms with Crippen LogP contribution in [0, 0.1) is 5.82 Å². The Bertz CT molecular complexity index is 839. The number of nitrogens with one attached hydrogen (secondary N) is 1. The lowest BCUT2D eigenvalue weighted by atomic mass is 10.2. The van der Waals surface area contributed by atoms with Crippen molar-refractivity contribution in [2.24, 2.45) is 0 Å². The zero-order valence-electron chi connectivity index (χ0n) is 13.2. The Morgan fingerprint density at radius 3 is 2.42 bits per heavy atom. The highest BCUT2D eigenvalue weighted by Gasteiger charge is 2.31. The molecule has 0 aliphatic heterocycles. The molecule has 138 valence electrons. The van der Waals surface area contributed by atoms with E-state index in [4.69, 9.17) is 16.3 Å². The summed E-state index contributed by atoms with van der Waals surface area (Å²) in [7, 11) is 0. The highest BCUT2D eigenvalue weighted by molar-refractivity contribution is 6.33. The summed E-state index contributed by atoms with van der Waals surface area (Å²) >= 11 is 5.78. The number of carbonyl (C=O) groups excluding carboxylic acids is 2. The summed E-state index contributed by atoms with van der Waals surface area (Å²) < 4.78 is 56.6. The molecule has 0 heterocycles. The predicted octanol–water partition coefficient (Wildman–Crippen LogP) is 4.68. The molecule has 1 amide bonds. The zero-order chi connectivity index (χ0) is 19.5. The van der Waals surface area contributed by atoms with Crippen LogP contribution >= 0.6 is 11.6 Å². The molecular weight excluding hydrogens is 378 g/mol. The summed E-state index contributed by atoms with van der Waals surface area (Å²) in [6, 6.07) is 7.40. The van der Waals surface area contributed by atoms with Gasteiger partial charge in [-0.1, -0.05) is 23.7 Å². The third kappa shape index (κ3) is 4.72. The van der Waals surface area contributed by atoms with Crippen LogP contribution in [0.5, 0.6) is 0 Å². The van der Waals surface area contributed by atoms with Crippen LogP contribution in [0.3, 0.4) is 0 Å². The van der Waals surface area contributed by atoms with Crippen molar-refractivity contribution < 1.29 is 31.9 Å². The topological polar surface area (TPSA) is 55.4 Å². The number of ether oxygens (including phenoxy) is 1. The van der Waals surface area contributed by atoms with E-state index in [2.05, 4.69) is 5.32 Å². The van der Waals surface area contributed by atoms with E-state index >= 15 is 0 Å². The Hall–Kier alpha value is -2.61. The number of halogens is 5. The number of hydrogen-bond acceptors (Lipinski definition) is 3. The van der Waals surface area contributed by atoms with Gasteiger partial charge in [-0.2, -0.15) is 13.2 Å². The molecule has 0 aromatic heterocycles. The molecule has 26 heavy (non-hydrogen) atoms. The lowest BCUT2D eigenvalue weighted by Crippen LogP contribution is -2.30. The van der Waals surface area contributed by atoms with Crippen molar-refractivity contribution in [3.8, 4) is 0 Å². The monoisotopic (exact) mass is 389 g/mol. The fourth-order valence-corrected chi connectivity index (χ4v) is 2.10. The summed E-state index contributed by atoms with van der Waals surface area (Å²) in [6.07, 6.45) is -6.01. The van der Waals surface area contributed by atoms with Gasteiger partial charge in [0.1, 0.15) is 5.82 Å². The van der Waals surface area contributed by atoms with Gasteiger partial charge in [0.15, 0.2) is 6.10 Å². The number of esters is 1. The molecule has 0 aliphatic carbocycles. The average Bonchev–Trinajstić information content (AvgIpc) is 2.55. The second-order valence-corrected chi connectivity index (χ2v) is 5.62. The number of alkyl halides is 3. The Kier molecular flexibility index (Phi) is 5.86. The molecule has 4 nitrogen and oxygen atoms in total. The van der Waals surface area contributed by atoms with Crippen LogP contribution in [0.25, 0.3) is 0 Å². The maximum absolute atomic E-state index is 13.5.